The van der Waals surface area contributed by atoms with Crippen LogP contribution in [-0.2, 0) is 9.53 Å². The highest BCUT2D eigenvalue weighted by molar-refractivity contribution is 5.81. The van der Waals surface area contributed by atoms with Crippen molar-refractivity contribution in [3.8, 4) is 0 Å². The SMILES string of the molecule is CCOC(=O)C1(NC2CC2)CCN(C)C1. The zero-order valence-electron chi connectivity index (χ0n) is 9.58. The number of nitrogens with zero attached hydrogens (tertiary/aromatic N) is 1. The molecule has 0 amide bonds. The molecule has 0 spiro atoms. The zero-order chi connectivity index (χ0) is 10.9. The molecule has 0 aromatic carbocycles. The molecular weight excluding hydrogens is 192 g/mol. The molecule has 1 heterocycles. The molecule has 0 aromatic rings. The molecule has 2 fully saturated rings. The van der Waals surface area contributed by atoms with Crippen LogP contribution >= 0.6 is 0 Å². The van der Waals surface area contributed by atoms with E-state index in [4.69, 9.17) is 4.74 Å². The standard InChI is InChI=1S/C11H20N2O2/c1-3-15-10(14)11(12-9-4-5-9)6-7-13(2)8-11/h9,12H,3-8H2,1-2H3. The van der Waals surface area contributed by atoms with Crippen LogP contribution in [0.25, 0.3) is 0 Å². The van der Waals surface area contributed by atoms with Crippen LogP contribution in [0, 0.1) is 0 Å². The molecule has 15 heavy (non-hydrogen) atoms. The van der Waals surface area contributed by atoms with Gasteiger partial charge < -0.3 is 9.64 Å². The van der Waals surface area contributed by atoms with Crippen LogP contribution in [0.1, 0.15) is 26.2 Å². The molecule has 1 aliphatic carbocycles. The first-order valence-electron chi connectivity index (χ1n) is 5.80. The lowest BCUT2D eigenvalue weighted by Crippen LogP contribution is -2.55. The average Bonchev–Trinajstić information content (AvgIpc) is 2.91. The van der Waals surface area contributed by atoms with Gasteiger partial charge in [-0.25, -0.2) is 4.79 Å². The largest absolute Gasteiger partial charge is 0.465 e. The van der Waals surface area contributed by atoms with Crippen molar-refractivity contribution in [1.82, 2.24) is 10.2 Å². The smallest absolute Gasteiger partial charge is 0.327 e. The van der Waals surface area contributed by atoms with E-state index >= 15 is 0 Å². The number of nitrogens with one attached hydrogen (secondary N) is 1. The summed E-state index contributed by atoms with van der Waals surface area (Å²) in [6.45, 7) is 4.08. The molecular formula is C11H20N2O2. The van der Waals surface area contributed by atoms with E-state index < -0.39 is 5.54 Å². The summed E-state index contributed by atoms with van der Waals surface area (Å²) in [5.74, 6) is -0.0683. The third kappa shape index (κ3) is 2.32. The second kappa shape index (κ2) is 4.10. The van der Waals surface area contributed by atoms with Crippen LogP contribution < -0.4 is 5.32 Å². The first-order valence-corrected chi connectivity index (χ1v) is 5.80. The number of hydrogen-bond acceptors (Lipinski definition) is 4. The minimum atomic E-state index is -0.425. The van der Waals surface area contributed by atoms with E-state index in [9.17, 15) is 4.79 Å². The molecule has 1 atom stereocenters. The number of likely N-dealkylation sites (N-methyl/N-ethyl adjacent to an activating group) is 1. The summed E-state index contributed by atoms with van der Waals surface area (Å²) < 4.78 is 5.18. The Morgan fingerprint density at radius 1 is 1.60 bits per heavy atom. The van der Waals surface area contributed by atoms with Crippen molar-refractivity contribution in [2.24, 2.45) is 0 Å². The Morgan fingerprint density at radius 2 is 2.33 bits per heavy atom. The lowest BCUT2D eigenvalue weighted by Gasteiger charge is -2.27. The summed E-state index contributed by atoms with van der Waals surface area (Å²) in [4.78, 5) is 14.2. The number of hydrogen-bond donors (Lipinski definition) is 1. The highest BCUT2D eigenvalue weighted by Crippen LogP contribution is 2.28. The summed E-state index contributed by atoms with van der Waals surface area (Å²) >= 11 is 0. The lowest BCUT2D eigenvalue weighted by molar-refractivity contribution is -0.150. The monoisotopic (exact) mass is 212 g/mol. The maximum atomic E-state index is 12.0. The first-order chi connectivity index (χ1) is 7.16. The molecule has 0 aromatic heterocycles. The number of rotatable bonds is 4. The maximum absolute atomic E-state index is 12.0. The highest BCUT2D eigenvalue weighted by atomic mass is 16.5. The molecule has 4 heteroatoms. The second-order valence-electron chi connectivity index (χ2n) is 4.71. The van der Waals surface area contributed by atoms with Gasteiger partial charge in [0.2, 0.25) is 0 Å². The second-order valence-corrected chi connectivity index (χ2v) is 4.71. The van der Waals surface area contributed by atoms with Gasteiger partial charge in [-0.1, -0.05) is 0 Å². The van der Waals surface area contributed by atoms with Crippen molar-refractivity contribution in [3.05, 3.63) is 0 Å². The van der Waals surface area contributed by atoms with Crippen LogP contribution in [0.2, 0.25) is 0 Å². The third-order valence-electron chi connectivity index (χ3n) is 3.18. The fraction of sp³-hybridized carbons (Fsp3) is 0.909. The molecule has 1 N–H and O–H groups in total. The third-order valence-corrected chi connectivity index (χ3v) is 3.18. The van der Waals surface area contributed by atoms with E-state index in [1.54, 1.807) is 0 Å². The van der Waals surface area contributed by atoms with Gasteiger partial charge in [-0.2, -0.15) is 0 Å². The molecule has 0 radical (unpaired) electrons. The summed E-state index contributed by atoms with van der Waals surface area (Å²) in [5.41, 5.74) is -0.425. The van der Waals surface area contributed by atoms with Crippen molar-refractivity contribution in [1.29, 1.82) is 0 Å². The first kappa shape index (κ1) is 10.9. The Morgan fingerprint density at radius 3 is 2.80 bits per heavy atom. The summed E-state index contributed by atoms with van der Waals surface area (Å²) in [6, 6.07) is 0.543. The van der Waals surface area contributed by atoms with Crippen molar-refractivity contribution in [3.63, 3.8) is 0 Å². The van der Waals surface area contributed by atoms with Crippen LogP contribution in [0.5, 0.6) is 0 Å². The number of esters is 1. The molecule has 1 unspecified atom stereocenters. The van der Waals surface area contributed by atoms with Gasteiger partial charge in [0.1, 0.15) is 5.54 Å². The molecule has 2 aliphatic rings. The average molecular weight is 212 g/mol. The van der Waals surface area contributed by atoms with Gasteiger partial charge in [0.25, 0.3) is 0 Å². The van der Waals surface area contributed by atoms with Crippen molar-refractivity contribution in [2.45, 2.75) is 37.8 Å². The Labute approximate surface area is 91.0 Å². The van der Waals surface area contributed by atoms with Crippen LogP contribution in [0.15, 0.2) is 0 Å². The number of carbonyl (C=O) groups is 1. The van der Waals surface area contributed by atoms with Gasteiger partial charge in [0.15, 0.2) is 0 Å². The highest BCUT2D eigenvalue weighted by Gasteiger charge is 2.47. The van der Waals surface area contributed by atoms with E-state index in [0.29, 0.717) is 12.6 Å². The van der Waals surface area contributed by atoms with E-state index in [1.165, 1.54) is 12.8 Å². The predicted octanol–water partition coefficient (Wildman–Crippen LogP) is 0.376. The van der Waals surface area contributed by atoms with Crippen molar-refractivity contribution in [2.75, 3.05) is 26.7 Å². The van der Waals surface area contributed by atoms with E-state index in [-0.39, 0.29) is 5.97 Å². The fourth-order valence-electron chi connectivity index (χ4n) is 2.23. The van der Waals surface area contributed by atoms with Crippen molar-refractivity contribution < 1.29 is 9.53 Å². The molecule has 0 bridgehead atoms. The lowest BCUT2D eigenvalue weighted by atomic mass is 9.98. The Bertz CT molecular complexity index is 253. The maximum Gasteiger partial charge on any atom is 0.327 e. The predicted molar refractivity (Wildman–Crippen MR) is 57.6 cm³/mol. The van der Waals surface area contributed by atoms with Crippen LogP contribution in [-0.4, -0.2) is 49.2 Å². The summed E-state index contributed by atoms with van der Waals surface area (Å²) in [7, 11) is 2.05. The quantitative estimate of drug-likeness (QED) is 0.684. The Kier molecular flexibility index (Phi) is 2.98. The van der Waals surface area contributed by atoms with Gasteiger partial charge in [-0.05, 0) is 33.2 Å². The Balaban J connectivity index is 2.03. The van der Waals surface area contributed by atoms with E-state index in [0.717, 1.165) is 19.5 Å². The molecule has 1 saturated carbocycles. The van der Waals surface area contributed by atoms with E-state index in [2.05, 4.69) is 17.3 Å². The number of ether oxygens (including phenoxy) is 1. The number of carbonyl (C=O) groups excluding carboxylic acids is 1. The van der Waals surface area contributed by atoms with E-state index in [1.807, 2.05) is 6.92 Å². The van der Waals surface area contributed by atoms with Crippen molar-refractivity contribution >= 4 is 5.97 Å². The molecule has 2 rings (SSSR count). The van der Waals surface area contributed by atoms with Crippen LogP contribution in [0.4, 0.5) is 0 Å². The molecule has 86 valence electrons. The molecule has 1 aliphatic heterocycles. The minimum Gasteiger partial charge on any atom is -0.465 e. The zero-order valence-corrected chi connectivity index (χ0v) is 9.58. The molecule has 1 saturated heterocycles. The summed E-state index contributed by atoms with van der Waals surface area (Å²) in [6.07, 6.45) is 3.27. The van der Waals surface area contributed by atoms with Gasteiger partial charge in [0.05, 0.1) is 6.61 Å². The topological polar surface area (TPSA) is 41.6 Å². The minimum absolute atomic E-state index is 0.0683. The Hall–Kier alpha value is -0.610. The summed E-state index contributed by atoms with van der Waals surface area (Å²) in [5, 5.41) is 3.47. The van der Waals surface area contributed by atoms with Crippen LogP contribution in [0.3, 0.4) is 0 Å². The van der Waals surface area contributed by atoms with Gasteiger partial charge >= 0.3 is 5.97 Å². The fourth-order valence-corrected chi connectivity index (χ4v) is 2.23. The molecule has 4 nitrogen and oxygen atoms in total. The number of likely N-dealkylation sites (tertiary alicyclic amines) is 1. The normalized spacial score (nSPS) is 31.9. The van der Waals surface area contributed by atoms with Gasteiger partial charge in [-0.3, -0.25) is 5.32 Å². The van der Waals surface area contributed by atoms with Gasteiger partial charge in [0, 0.05) is 19.1 Å². The van der Waals surface area contributed by atoms with Gasteiger partial charge in [-0.15, -0.1) is 0 Å².